The molecule has 11 nitrogen and oxygen atoms in total. The summed E-state index contributed by atoms with van der Waals surface area (Å²) in [5.74, 6) is 1.09. The quantitative estimate of drug-likeness (QED) is 0.457. The Bertz CT molecular complexity index is 1560. The molecule has 2 aliphatic heterocycles. The third-order valence-corrected chi connectivity index (χ3v) is 9.76. The first-order valence-electron chi connectivity index (χ1n) is 14.3. The van der Waals surface area contributed by atoms with E-state index in [1.165, 1.54) is 25.1 Å². The predicted molar refractivity (Wildman–Crippen MR) is 155 cm³/mol. The van der Waals surface area contributed by atoms with Crippen LogP contribution in [-0.4, -0.2) is 59.3 Å². The Hall–Kier alpha value is -3.67. The highest BCUT2D eigenvalue weighted by atomic mass is 32.2. The lowest BCUT2D eigenvalue weighted by atomic mass is 9.93. The van der Waals surface area contributed by atoms with Crippen LogP contribution < -0.4 is 19.7 Å². The highest BCUT2D eigenvalue weighted by molar-refractivity contribution is 7.90. The zero-order valence-electron chi connectivity index (χ0n) is 23.8. The lowest BCUT2D eigenvalue weighted by Crippen LogP contribution is -2.41. The summed E-state index contributed by atoms with van der Waals surface area (Å²) in [5, 5.41) is 7.62. The second kappa shape index (κ2) is 10.3. The van der Waals surface area contributed by atoms with Crippen molar-refractivity contribution in [2.75, 3.05) is 29.9 Å². The fourth-order valence-corrected chi connectivity index (χ4v) is 6.74. The maximum atomic E-state index is 13.6. The van der Waals surface area contributed by atoms with E-state index in [1.807, 2.05) is 0 Å². The van der Waals surface area contributed by atoms with Crippen molar-refractivity contribution in [1.29, 1.82) is 0 Å². The van der Waals surface area contributed by atoms with Crippen molar-refractivity contribution >= 4 is 27.4 Å². The number of fused-ring (bicyclic) bond motifs is 6. The van der Waals surface area contributed by atoms with Crippen molar-refractivity contribution in [3.63, 3.8) is 0 Å². The molecule has 0 aromatic carbocycles. The highest BCUT2D eigenvalue weighted by Gasteiger charge is 2.41. The van der Waals surface area contributed by atoms with Crippen LogP contribution in [0.2, 0.25) is 0 Å². The molecule has 1 saturated heterocycles. The van der Waals surface area contributed by atoms with Crippen molar-refractivity contribution in [3.8, 4) is 11.7 Å². The lowest BCUT2D eigenvalue weighted by Gasteiger charge is -2.34. The number of aromatic nitrogens is 4. The SMILES string of the molecule is CC1(CCOc2ccn(-c3ccc4c(n3)N3CC(CCCNc5ccnc(c5)S(=O)(=O)NC4=O)CC3(C)C)n2)CC1. The van der Waals surface area contributed by atoms with Crippen molar-refractivity contribution in [3.05, 3.63) is 48.3 Å². The molecule has 2 fully saturated rings. The van der Waals surface area contributed by atoms with Gasteiger partial charge in [0.15, 0.2) is 10.8 Å². The maximum Gasteiger partial charge on any atom is 0.281 e. The number of anilines is 2. The van der Waals surface area contributed by atoms with Gasteiger partial charge in [0.2, 0.25) is 5.88 Å². The van der Waals surface area contributed by atoms with Gasteiger partial charge in [-0.15, -0.1) is 5.10 Å². The van der Waals surface area contributed by atoms with Crippen LogP contribution in [-0.2, 0) is 10.0 Å². The minimum absolute atomic E-state index is 0.177. The van der Waals surface area contributed by atoms with E-state index in [0.717, 1.165) is 25.7 Å². The minimum atomic E-state index is -4.22. The number of sulfonamides is 1. The third-order valence-electron chi connectivity index (χ3n) is 8.53. The fourth-order valence-electron chi connectivity index (χ4n) is 5.80. The molecule has 2 N–H and O–H groups in total. The molecular weight excluding hydrogens is 542 g/mol. The zero-order valence-corrected chi connectivity index (χ0v) is 24.6. The van der Waals surface area contributed by atoms with Gasteiger partial charge in [-0.25, -0.2) is 19.4 Å². The summed E-state index contributed by atoms with van der Waals surface area (Å²) in [6.07, 6.45) is 9.52. The Morgan fingerprint density at radius 3 is 2.78 bits per heavy atom. The Morgan fingerprint density at radius 2 is 1.98 bits per heavy atom. The van der Waals surface area contributed by atoms with Crippen LogP contribution in [0.15, 0.2) is 47.8 Å². The zero-order chi connectivity index (χ0) is 28.8. The summed E-state index contributed by atoms with van der Waals surface area (Å²) >= 11 is 0. The maximum absolute atomic E-state index is 13.6. The van der Waals surface area contributed by atoms with E-state index in [2.05, 4.69) is 45.8 Å². The fraction of sp³-hybridized carbons (Fsp3) is 0.517. The standard InChI is InChI=1S/C29H37N7O4S/c1-28(2)18-20-5-4-13-30-21-8-14-31-25(17-21)41(38,39)34-27(37)22-6-7-23(32-26(22)35(28)19-20)36-15-9-24(33-36)40-16-12-29(3)10-11-29/h6-9,14-15,17,20,30H,4-5,10-13,16,18-19H2,1-3H3,(H,34,37). The van der Waals surface area contributed by atoms with Gasteiger partial charge in [-0.05, 0) is 81.9 Å². The Labute approximate surface area is 240 Å². The number of nitrogens with one attached hydrogen (secondary N) is 2. The molecule has 1 aliphatic carbocycles. The van der Waals surface area contributed by atoms with Crippen LogP contribution >= 0.6 is 0 Å². The number of ether oxygens (including phenoxy) is 1. The van der Waals surface area contributed by atoms with Gasteiger partial charge >= 0.3 is 0 Å². The molecule has 5 heterocycles. The average molecular weight is 580 g/mol. The first kappa shape index (κ1) is 27.5. The van der Waals surface area contributed by atoms with Crippen molar-refractivity contribution < 1.29 is 17.9 Å². The van der Waals surface area contributed by atoms with Gasteiger partial charge in [0, 0.05) is 48.8 Å². The van der Waals surface area contributed by atoms with Gasteiger partial charge in [0.25, 0.3) is 15.9 Å². The summed E-state index contributed by atoms with van der Waals surface area (Å²) in [6.45, 7) is 8.56. The monoisotopic (exact) mass is 579 g/mol. The summed E-state index contributed by atoms with van der Waals surface area (Å²) in [6, 6.07) is 8.25. The average Bonchev–Trinajstić information content (AvgIpc) is 3.33. The molecule has 0 spiro atoms. The molecule has 1 saturated carbocycles. The molecule has 1 unspecified atom stereocenters. The van der Waals surface area contributed by atoms with Gasteiger partial charge in [0.1, 0.15) is 5.82 Å². The minimum Gasteiger partial charge on any atom is -0.477 e. The Kier molecular flexibility index (Phi) is 6.91. The van der Waals surface area contributed by atoms with Crippen LogP contribution in [0.3, 0.4) is 0 Å². The number of nitrogens with zero attached hydrogens (tertiary/aromatic N) is 5. The lowest BCUT2D eigenvalue weighted by molar-refractivity contribution is 0.0981. The number of pyridine rings is 2. The van der Waals surface area contributed by atoms with Gasteiger partial charge in [-0.3, -0.25) is 4.79 Å². The molecule has 1 atom stereocenters. The van der Waals surface area contributed by atoms with Gasteiger partial charge in [0.05, 0.1) is 12.2 Å². The van der Waals surface area contributed by atoms with Crippen molar-refractivity contribution in [2.24, 2.45) is 11.3 Å². The number of amides is 1. The van der Waals surface area contributed by atoms with E-state index in [1.54, 1.807) is 35.1 Å². The summed E-state index contributed by atoms with van der Waals surface area (Å²) in [5.41, 5.74) is 0.928. The van der Waals surface area contributed by atoms with Crippen molar-refractivity contribution in [1.82, 2.24) is 24.5 Å². The topological polar surface area (TPSA) is 131 Å². The smallest absolute Gasteiger partial charge is 0.281 e. The van der Waals surface area contributed by atoms with E-state index < -0.39 is 15.9 Å². The second-order valence-corrected chi connectivity index (χ2v) is 14.1. The van der Waals surface area contributed by atoms with Crippen LogP contribution in [0.1, 0.15) is 69.7 Å². The predicted octanol–water partition coefficient (Wildman–Crippen LogP) is 4.16. The van der Waals surface area contributed by atoms with Crippen molar-refractivity contribution in [2.45, 2.75) is 69.9 Å². The molecule has 0 radical (unpaired) electrons. The summed E-state index contributed by atoms with van der Waals surface area (Å²) in [4.78, 5) is 24.6. The number of hydrogen-bond donors (Lipinski definition) is 2. The largest absolute Gasteiger partial charge is 0.477 e. The Balaban J connectivity index is 1.34. The molecule has 12 heteroatoms. The molecule has 6 rings (SSSR count). The molecule has 3 aromatic rings. The third kappa shape index (κ3) is 5.88. The number of rotatable bonds is 5. The molecule has 3 aromatic heterocycles. The van der Waals surface area contributed by atoms with E-state index in [4.69, 9.17) is 9.72 Å². The number of hydrogen-bond acceptors (Lipinski definition) is 9. The van der Waals surface area contributed by atoms with Gasteiger partial charge in [-0.2, -0.15) is 8.42 Å². The molecule has 218 valence electrons. The summed E-state index contributed by atoms with van der Waals surface area (Å²) in [7, 11) is -4.22. The van der Waals surface area contributed by atoms with Gasteiger partial charge < -0.3 is 15.0 Å². The van der Waals surface area contributed by atoms with Crippen LogP contribution in [0.25, 0.3) is 5.82 Å². The van der Waals surface area contributed by atoms with Crippen LogP contribution in [0.4, 0.5) is 11.5 Å². The first-order chi connectivity index (χ1) is 19.5. The molecular formula is C29H37N7O4S. The van der Waals surface area contributed by atoms with Gasteiger partial charge in [-0.1, -0.05) is 6.92 Å². The van der Waals surface area contributed by atoms with Crippen LogP contribution in [0.5, 0.6) is 5.88 Å². The van der Waals surface area contributed by atoms with E-state index in [-0.39, 0.29) is 16.1 Å². The van der Waals surface area contributed by atoms with E-state index in [0.29, 0.717) is 54.2 Å². The molecule has 1 amide bonds. The second-order valence-electron chi connectivity index (χ2n) is 12.4. The number of carbonyl (C=O) groups excluding carboxylic acids is 1. The molecule has 3 aliphatic rings. The Morgan fingerprint density at radius 1 is 1.15 bits per heavy atom. The van der Waals surface area contributed by atoms with Crippen LogP contribution in [0, 0.1) is 11.3 Å². The molecule has 4 bridgehead atoms. The van der Waals surface area contributed by atoms with E-state index in [9.17, 15) is 13.2 Å². The summed E-state index contributed by atoms with van der Waals surface area (Å²) < 4.78 is 36.1. The first-order valence-corrected chi connectivity index (χ1v) is 15.7. The number of carbonyl (C=O) groups is 1. The highest BCUT2D eigenvalue weighted by Crippen LogP contribution is 2.48. The molecule has 41 heavy (non-hydrogen) atoms. The normalized spacial score (nSPS) is 22.5. The van der Waals surface area contributed by atoms with E-state index >= 15 is 0 Å².